The van der Waals surface area contributed by atoms with Gasteiger partial charge in [-0.05, 0) is 71.7 Å². The summed E-state index contributed by atoms with van der Waals surface area (Å²) in [6, 6.07) is 3.49. The average molecular weight is 716 g/mol. The molecule has 1 aliphatic heterocycles. The molecule has 16 heteroatoms. The van der Waals surface area contributed by atoms with Crippen LogP contribution in [0.15, 0.2) is 52.2 Å². The Hall–Kier alpha value is -3.82. The van der Waals surface area contributed by atoms with E-state index in [-0.39, 0.29) is 38.6 Å². The minimum atomic E-state index is -4.95. The van der Waals surface area contributed by atoms with Gasteiger partial charge in [0.15, 0.2) is 5.82 Å². The van der Waals surface area contributed by atoms with E-state index in [1.165, 1.54) is 42.6 Å². The first-order valence-electron chi connectivity index (χ1n) is 14.2. The second-order valence-electron chi connectivity index (χ2n) is 12.4. The predicted molar refractivity (Wildman–Crippen MR) is 171 cm³/mol. The average Bonchev–Trinajstić information content (AvgIpc) is 3.45. The standard InChI is InChI=1S/C31H33ClF3N3O7S2/c1-30(2,3)44-28(39)37-11-7-8-20(19-10-9-18(33)12-22(19)34)24(37)15-43-25-14-23(35)26(13-21(25)32)47(41,42)38(27-16-46-17-36-27)29(40)45-31(4,5)6/h8-10,12-14,16-17,24H,7,11,15H2,1-6H3. The molecule has 2 amide bonds. The lowest BCUT2D eigenvalue weighted by Gasteiger charge is -2.37. The monoisotopic (exact) mass is 715 g/mol. The van der Waals surface area contributed by atoms with Crippen molar-refractivity contribution in [1.82, 2.24) is 9.88 Å². The van der Waals surface area contributed by atoms with Crippen molar-refractivity contribution in [2.75, 3.05) is 17.5 Å². The first-order chi connectivity index (χ1) is 21.8. The van der Waals surface area contributed by atoms with Crippen LogP contribution in [-0.4, -0.2) is 60.9 Å². The normalized spacial score (nSPS) is 15.6. The summed E-state index contributed by atoms with van der Waals surface area (Å²) >= 11 is 7.40. The largest absolute Gasteiger partial charge is 0.489 e. The van der Waals surface area contributed by atoms with Crippen molar-refractivity contribution in [3.8, 4) is 5.75 Å². The molecule has 0 spiro atoms. The van der Waals surface area contributed by atoms with E-state index in [9.17, 15) is 26.8 Å². The summed E-state index contributed by atoms with van der Waals surface area (Å²) < 4.78 is 88.5. The van der Waals surface area contributed by atoms with E-state index in [0.717, 1.165) is 23.5 Å². The van der Waals surface area contributed by atoms with Gasteiger partial charge in [0, 0.05) is 29.6 Å². The molecule has 4 rings (SSSR count). The number of thiazole rings is 1. The zero-order chi connectivity index (χ0) is 34.9. The number of aromatic nitrogens is 1. The summed E-state index contributed by atoms with van der Waals surface area (Å²) in [6.07, 6.45) is -0.0580. The molecule has 2 aromatic carbocycles. The van der Waals surface area contributed by atoms with Crippen LogP contribution in [0, 0.1) is 17.5 Å². The van der Waals surface area contributed by atoms with Crippen LogP contribution in [0.25, 0.3) is 5.57 Å². The molecule has 0 bridgehead atoms. The van der Waals surface area contributed by atoms with Crippen LogP contribution in [0.3, 0.4) is 0 Å². The number of carbonyl (C=O) groups excluding carboxylic acids is 2. The van der Waals surface area contributed by atoms with Crippen molar-refractivity contribution in [2.45, 2.75) is 70.1 Å². The fraction of sp³-hybridized carbons (Fsp3) is 0.387. The van der Waals surface area contributed by atoms with Gasteiger partial charge in [-0.3, -0.25) is 4.90 Å². The second kappa shape index (κ2) is 13.7. The summed E-state index contributed by atoms with van der Waals surface area (Å²) in [7, 11) is -4.95. The lowest BCUT2D eigenvalue weighted by Crippen LogP contribution is -2.48. The third-order valence-electron chi connectivity index (χ3n) is 6.43. The Kier molecular flexibility index (Phi) is 10.5. The summed E-state index contributed by atoms with van der Waals surface area (Å²) in [6.45, 7) is 9.36. The maximum absolute atomic E-state index is 15.6. The van der Waals surface area contributed by atoms with E-state index >= 15 is 4.39 Å². The van der Waals surface area contributed by atoms with Crippen molar-refractivity contribution < 1.29 is 45.4 Å². The van der Waals surface area contributed by atoms with E-state index < -0.39 is 68.4 Å². The summed E-state index contributed by atoms with van der Waals surface area (Å²) in [5.41, 5.74) is -0.382. The number of anilines is 1. The molecule has 1 atom stereocenters. The third kappa shape index (κ3) is 8.56. The van der Waals surface area contributed by atoms with Crippen molar-refractivity contribution >= 4 is 56.5 Å². The van der Waals surface area contributed by atoms with Gasteiger partial charge in [-0.1, -0.05) is 17.7 Å². The van der Waals surface area contributed by atoms with Gasteiger partial charge in [-0.15, -0.1) is 15.6 Å². The molecule has 0 aliphatic carbocycles. The molecular weight excluding hydrogens is 683 g/mol. The molecule has 0 fully saturated rings. The topological polar surface area (TPSA) is 115 Å². The molecule has 0 saturated carbocycles. The number of benzene rings is 2. The second-order valence-corrected chi connectivity index (χ2v) is 15.3. The van der Waals surface area contributed by atoms with E-state index in [2.05, 4.69) is 4.98 Å². The number of nitrogens with zero attached hydrogens (tertiary/aromatic N) is 3. The van der Waals surface area contributed by atoms with Crippen LogP contribution in [0.4, 0.5) is 28.6 Å². The van der Waals surface area contributed by atoms with Crippen LogP contribution in [0.1, 0.15) is 53.5 Å². The highest BCUT2D eigenvalue weighted by Crippen LogP contribution is 2.36. The molecule has 47 heavy (non-hydrogen) atoms. The lowest BCUT2D eigenvalue weighted by atomic mass is 9.93. The van der Waals surface area contributed by atoms with E-state index in [1.807, 2.05) is 0 Å². The number of carbonyl (C=O) groups is 2. The molecule has 1 unspecified atom stereocenters. The molecule has 0 saturated heterocycles. The van der Waals surface area contributed by atoms with Crippen molar-refractivity contribution in [1.29, 1.82) is 0 Å². The smallest absolute Gasteiger partial charge is 0.430 e. The van der Waals surface area contributed by atoms with E-state index in [4.69, 9.17) is 25.8 Å². The Balaban J connectivity index is 1.69. The van der Waals surface area contributed by atoms with Gasteiger partial charge in [0.1, 0.15) is 45.9 Å². The maximum atomic E-state index is 15.6. The number of amides is 2. The van der Waals surface area contributed by atoms with Gasteiger partial charge in [0.25, 0.3) is 10.0 Å². The molecule has 1 aromatic heterocycles. The number of halogens is 4. The third-order valence-corrected chi connectivity index (χ3v) is 8.98. The number of sulfonamides is 1. The Morgan fingerprint density at radius 2 is 1.72 bits per heavy atom. The van der Waals surface area contributed by atoms with Crippen LogP contribution >= 0.6 is 22.9 Å². The predicted octanol–water partition coefficient (Wildman–Crippen LogP) is 7.82. The highest BCUT2D eigenvalue weighted by atomic mass is 35.5. The molecule has 0 radical (unpaired) electrons. The summed E-state index contributed by atoms with van der Waals surface area (Å²) in [4.78, 5) is 30.4. The molecule has 10 nitrogen and oxygen atoms in total. The highest BCUT2D eigenvalue weighted by Gasteiger charge is 2.39. The quantitative estimate of drug-likeness (QED) is 0.243. The van der Waals surface area contributed by atoms with Crippen LogP contribution in [-0.2, 0) is 19.5 Å². The first kappa shape index (κ1) is 36.0. The van der Waals surface area contributed by atoms with E-state index in [0.29, 0.717) is 18.6 Å². The van der Waals surface area contributed by atoms with Gasteiger partial charge >= 0.3 is 12.2 Å². The molecular formula is C31H33ClF3N3O7S2. The Morgan fingerprint density at radius 3 is 2.32 bits per heavy atom. The van der Waals surface area contributed by atoms with Crippen LogP contribution in [0.5, 0.6) is 5.75 Å². The number of ether oxygens (including phenoxy) is 3. The zero-order valence-corrected chi connectivity index (χ0v) is 28.7. The van der Waals surface area contributed by atoms with E-state index in [1.54, 1.807) is 26.8 Å². The lowest BCUT2D eigenvalue weighted by molar-refractivity contribution is 0.0162. The van der Waals surface area contributed by atoms with Gasteiger partial charge in [0.2, 0.25) is 0 Å². The van der Waals surface area contributed by atoms with Crippen molar-refractivity contribution in [3.63, 3.8) is 0 Å². The zero-order valence-electron chi connectivity index (χ0n) is 26.3. The van der Waals surface area contributed by atoms with Gasteiger partial charge in [-0.25, -0.2) is 36.2 Å². The molecule has 254 valence electrons. The van der Waals surface area contributed by atoms with Gasteiger partial charge in [0.05, 0.1) is 16.6 Å². The summed E-state index contributed by atoms with van der Waals surface area (Å²) in [5, 5.41) is 0.916. The Morgan fingerprint density at radius 1 is 1.04 bits per heavy atom. The number of rotatable bonds is 7. The highest BCUT2D eigenvalue weighted by molar-refractivity contribution is 7.93. The SMILES string of the molecule is CC(C)(C)OC(=O)N1CCC=C(c2ccc(F)cc2F)C1COc1cc(F)c(S(=O)(=O)N(C(=O)OC(C)(C)C)c2cscn2)cc1Cl. The van der Waals surface area contributed by atoms with Crippen molar-refractivity contribution in [2.24, 2.45) is 0 Å². The minimum absolute atomic E-state index is 0.0104. The first-order valence-corrected chi connectivity index (χ1v) is 17.0. The Bertz CT molecular complexity index is 1790. The number of hydrogen-bond donors (Lipinski definition) is 0. The van der Waals surface area contributed by atoms with Crippen LogP contribution < -0.4 is 9.04 Å². The van der Waals surface area contributed by atoms with Gasteiger partial charge in [-0.2, -0.15) is 0 Å². The Labute approximate surface area is 279 Å². The van der Waals surface area contributed by atoms with Crippen molar-refractivity contribution in [3.05, 3.63) is 75.3 Å². The fourth-order valence-electron chi connectivity index (χ4n) is 4.56. The van der Waals surface area contributed by atoms with Crippen LogP contribution in [0.2, 0.25) is 5.02 Å². The number of hydrogen-bond acceptors (Lipinski definition) is 9. The fourth-order valence-corrected chi connectivity index (χ4v) is 6.78. The maximum Gasteiger partial charge on any atom is 0.430 e. The molecule has 2 heterocycles. The molecule has 1 aliphatic rings. The minimum Gasteiger partial charge on any atom is -0.489 e. The van der Waals surface area contributed by atoms with Gasteiger partial charge < -0.3 is 14.2 Å². The molecule has 0 N–H and O–H groups in total. The molecule has 3 aromatic rings. The summed E-state index contributed by atoms with van der Waals surface area (Å²) in [5.74, 6) is -3.61.